The van der Waals surface area contributed by atoms with Crippen molar-refractivity contribution in [2.24, 2.45) is 0 Å². The number of nitro groups is 1. The number of non-ortho nitro benzene ring substituents is 1. The summed E-state index contributed by atoms with van der Waals surface area (Å²) in [6, 6.07) is 8.44. The molecule has 1 atom stereocenters. The number of nitrogens with one attached hydrogen (secondary N) is 1. The van der Waals surface area contributed by atoms with Gasteiger partial charge in [-0.3, -0.25) is 14.9 Å². The molecule has 0 saturated carbocycles. The van der Waals surface area contributed by atoms with E-state index in [-0.39, 0.29) is 17.8 Å². The average molecular weight is 276 g/mol. The van der Waals surface area contributed by atoms with E-state index in [1.54, 1.807) is 12.1 Å². The number of nitro benzene ring substituents is 1. The summed E-state index contributed by atoms with van der Waals surface area (Å²) in [7, 11) is 0. The molecule has 0 bridgehead atoms. The maximum Gasteiger partial charge on any atom is 0.269 e. The summed E-state index contributed by atoms with van der Waals surface area (Å²) in [6.45, 7) is -0.0106. The van der Waals surface area contributed by atoms with Crippen molar-refractivity contribution >= 4 is 11.6 Å². The lowest BCUT2D eigenvalue weighted by Gasteiger charge is -2.09. The van der Waals surface area contributed by atoms with Crippen LogP contribution in [0, 0.1) is 10.1 Å². The number of furan rings is 1. The first-order valence-electron chi connectivity index (χ1n) is 5.82. The molecule has 0 aliphatic heterocycles. The van der Waals surface area contributed by atoms with Crippen LogP contribution in [0.15, 0.2) is 47.1 Å². The Morgan fingerprint density at radius 2 is 2.05 bits per heavy atom. The minimum absolute atomic E-state index is 0.0106. The van der Waals surface area contributed by atoms with E-state index in [2.05, 4.69) is 5.32 Å². The van der Waals surface area contributed by atoms with Crippen molar-refractivity contribution in [3.05, 3.63) is 64.1 Å². The molecule has 7 nitrogen and oxygen atoms in total. The van der Waals surface area contributed by atoms with Crippen LogP contribution < -0.4 is 5.32 Å². The van der Waals surface area contributed by atoms with Crippen molar-refractivity contribution in [2.75, 3.05) is 6.54 Å². The SMILES string of the molecule is O=C(NCC(O)c1ccco1)c1ccc([N+](=O)[O-])cc1. The Bertz CT molecular complexity index is 592. The Morgan fingerprint density at radius 3 is 2.60 bits per heavy atom. The number of aliphatic hydroxyl groups excluding tert-OH is 1. The van der Waals surface area contributed by atoms with Crippen LogP contribution in [0.5, 0.6) is 0 Å². The van der Waals surface area contributed by atoms with Gasteiger partial charge < -0.3 is 14.8 Å². The number of aliphatic hydroxyl groups is 1. The third-order valence-corrected chi connectivity index (χ3v) is 2.67. The molecule has 1 unspecified atom stereocenters. The van der Waals surface area contributed by atoms with Gasteiger partial charge in [0.1, 0.15) is 11.9 Å². The fourth-order valence-electron chi connectivity index (χ4n) is 1.61. The van der Waals surface area contributed by atoms with E-state index in [9.17, 15) is 20.0 Å². The van der Waals surface area contributed by atoms with Gasteiger partial charge in [-0.25, -0.2) is 0 Å². The first-order valence-corrected chi connectivity index (χ1v) is 5.82. The Labute approximate surface area is 114 Å². The van der Waals surface area contributed by atoms with Crippen LogP contribution in [0.4, 0.5) is 5.69 Å². The molecular formula is C13H12N2O5. The minimum atomic E-state index is -0.938. The van der Waals surface area contributed by atoms with Gasteiger partial charge in [-0.15, -0.1) is 0 Å². The Morgan fingerprint density at radius 1 is 1.35 bits per heavy atom. The molecule has 1 amide bonds. The van der Waals surface area contributed by atoms with Gasteiger partial charge in [-0.2, -0.15) is 0 Å². The summed E-state index contributed by atoms with van der Waals surface area (Å²) in [5.41, 5.74) is 0.194. The molecule has 20 heavy (non-hydrogen) atoms. The van der Waals surface area contributed by atoms with Crippen LogP contribution in [0.3, 0.4) is 0 Å². The molecule has 0 radical (unpaired) electrons. The molecule has 104 valence electrons. The van der Waals surface area contributed by atoms with E-state index in [4.69, 9.17) is 4.42 Å². The molecular weight excluding hydrogens is 264 g/mol. The first-order chi connectivity index (χ1) is 9.58. The summed E-state index contributed by atoms with van der Waals surface area (Å²) in [4.78, 5) is 21.7. The van der Waals surface area contributed by atoms with Crippen molar-refractivity contribution < 1.29 is 19.2 Å². The van der Waals surface area contributed by atoms with E-state index >= 15 is 0 Å². The van der Waals surface area contributed by atoms with Crippen LogP contribution >= 0.6 is 0 Å². The monoisotopic (exact) mass is 276 g/mol. The van der Waals surface area contributed by atoms with E-state index in [1.807, 2.05) is 0 Å². The molecule has 0 saturated heterocycles. The zero-order valence-corrected chi connectivity index (χ0v) is 10.4. The number of rotatable bonds is 5. The van der Waals surface area contributed by atoms with E-state index in [0.717, 1.165) is 0 Å². The largest absolute Gasteiger partial charge is 0.467 e. The normalized spacial score (nSPS) is 11.8. The molecule has 7 heteroatoms. The number of amides is 1. The molecule has 0 aliphatic rings. The van der Waals surface area contributed by atoms with Crippen molar-refractivity contribution in [3.8, 4) is 0 Å². The molecule has 1 aromatic heterocycles. The molecule has 0 spiro atoms. The Kier molecular flexibility index (Phi) is 4.11. The second-order valence-corrected chi connectivity index (χ2v) is 4.05. The van der Waals surface area contributed by atoms with Gasteiger partial charge in [-0.05, 0) is 24.3 Å². The maximum absolute atomic E-state index is 11.8. The quantitative estimate of drug-likeness (QED) is 0.638. The fraction of sp³-hybridized carbons (Fsp3) is 0.154. The zero-order valence-electron chi connectivity index (χ0n) is 10.4. The number of hydrogen-bond acceptors (Lipinski definition) is 5. The highest BCUT2D eigenvalue weighted by Gasteiger charge is 2.13. The molecule has 2 aromatic rings. The number of benzene rings is 1. The van der Waals surface area contributed by atoms with Gasteiger partial charge in [0.05, 0.1) is 17.7 Å². The van der Waals surface area contributed by atoms with Crippen LogP contribution in [0.25, 0.3) is 0 Å². The van der Waals surface area contributed by atoms with Crippen LogP contribution in [0.1, 0.15) is 22.2 Å². The number of carbonyl (C=O) groups excluding carboxylic acids is 1. The van der Waals surface area contributed by atoms with Crippen LogP contribution in [-0.2, 0) is 0 Å². The van der Waals surface area contributed by atoms with Gasteiger partial charge in [0.2, 0.25) is 0 Å². The second-order valence-electron chi connectivity index (χ2n) is 4.05. The van der Waals surface area contributed by atoms with Gasteiger partial charge in [0, 0.05) is 17.7 Å². The van der Waals surface area contributed by atoms with Crippen LogP contribution in [-0.4, -0.2) is 22.5 Å². The summed E-state index contributed by atoms with van der Waals surface area (Å²) in [5, 5.41) is 22.7. The molecule has 0 fully saturated rings. The standard InChI is InChI=1S/C13H12N2O5/c16-11(12-2-1-7-20-12)8-14-13(17)9-3-5-10(6-4-9)15(18)19/h1-7,11,16H,8H2,(H,14,17). The zero-order chi connectivity index (χ0) is 14.5. The van der Waals surface area contributed by atoms with Crippen molar-refractivity contribution in [1.29, 1.82) is 0 Å². The smallest absolute Gasteiger partial charge is 0.269 e. The highest BCUT2D eigenvalue weighted by atomic mass is 16.6. The van der Waals surface area contributed by atoms with E-state index in [0.29, 0.717) is 5.76 Å². The lowest BCUT2D eigenvalue weighted by Crippen LogP contribution is -2.28. The topological polar surface area (TPSA) is 106 Å². The first kappa shape index (κ1) is 13.8. The predicted molar refractivity (Wildman–Crippen MR) is 69.1 cm³/mol. The van der Waals surface area contributed by atoms with Gasteiger partial charge in [0.25, 0.3) is 11.6 Å². The predicted octanol–water partition coefficient (Wildman–Crippen LogP) is 1.65. The van der Waals surface area contributed by atoms with Crippen molar-refractivity contribution in [1.82, 2.24) is 5.32 Å². The molecule has 2 rings (SSSR count). The average Bonchev–Trinajstić information content (AvgIpc) is 2.98. The van der Waals surface area contributed by atoms with E-state index < -0.39 is 16.9 Å². The maximum atomic E-state index is 11.8. The Hall–Kier alpha value is -2.67. The van der Waals surface area contributed by atoms with Crippen molar-refractivity contribution in [3.63, 3.8) is 0 Å². The summed E-state index contributed by atoms with van der Waals surface area (Å²) >= 11 is 0. The summed E-state index contributed by atoms with van der Waals surface area (Å²) < 4.78 is 5.00. The highest BCUT2D eigenvalue weighted by molar-refractivity contribution is 5.94. The van der Waals surface area contributed by atoms with Gasteiger partial charge in [-0.1, -0.05) is 0 Å². The second kappa shape index (κ2) is 5.98. The molecule has 2 N–H and O–H groups in total. The van der Waals surface area contributed by atoms with E-state index in [1.165, 1.54) is 30.5 Å². The lowest BCUT2D eigenvalue weighted by molar-refractivity contribution is -0.384. The van der Waals surface area contributed by atoms with Gasteiger partial charge in [0.15, 0.2) is 0 Å². The minimum Gasteiger partial charge on any atom is -0.467 e. The third-order valence-electron chi connectivity index (χ3n) is 2.67. The lowest BCUT2D eigenvalue weighted by atomic mass is 10.2. The molecule has 0 aliphatic carbocycles. The highest BCUT2D eigenvalue weighted by Crippen LogP contribution is 2.13. The Balaban J connectivity index is 1.93. The van der Waals surface area contributed by atoms with Crippen molar-refractivity contribution in [2.45, 2.75) is 6.10 Å². The third kappa shape index (κ3) is 3.21. The van der Waals surface area contributed by atoms with Crippen LogP contribution in [0.2, 0.25) is 0 Å². The fourth-order valence-corrected chi connectivity index (χ4v) is 1.61. The summed E-state index contributed by atoms with van der Waals surface area (Å²) in [6.07, 6.45) is 0.489. The molecule has 1 aromatic carbocycles. The number of nitrogens with zero attached hydrogens (tertiary/aromatic N) is 1. The molecule has 1 heterocycles. The number of carbonyl (C=O) groups is 1. The summed E-state index contributed by atoms with van der Waals surface area (Å²) in [5.74, 6) is -0.0699. The van der Waals surface area contributed by atoms with Gasteiger partial charge >= 0.3 is 0 Å². The number of hydrogen-bond donors (Lipinski definition) is 2.